The van der Waals surface area contributed by atoms with Gasteiger partial charge in [0.15, 0.2) is 0 Å². The van der Waals surface area contributed by atoms with Gasteiger partial charge in [-0.3, -0.25) is 9.36 Å². The van der Waals surface area contributed by atoms with Gasteiger partial charge in [0.05, 0.1) is 34.6 Å². The molecule has 7 rings (SSSR count). The lowest BCUT2D eigenvalue weighted by Crippen LogP contribution is -2.44. The van der Waals surface area contributed by atoms with Crippen molar-refractivity contribution < 1.29 is 4.74 Å². The molecular weight excluding hydrogens is 564 g/mol. The summed E-state index contributed by atoms with van der Waals surface area (Å²) in [4.78, 5) is 31.7. The van der Waals surface area contributed by atoms with Gasteiger partial charge < -0.3 is 15.4 Å². The summed E-state index contributed by atoms with van der Waals surface area (Å²) < 4.78 is 7.15. The van der Waals surface area contributed by atoms with Crippen LogP contribution in [0.3, 0.4) is 0 Å². The summed E-state index contributed by atoms with van der Waals surface area (Å²) in [7, 11) is 0. The summed E-state index contributed by atoms with van der Waals surface area (Å²) in [6.45, 7) is 3.96. The van der Waals surface area contributed by atoms with Crippen LogP contribution in [0.25, 0.3) is 10.9 Å². The number of nitrogens with two attached hydrogens (primary N) is 1. The maximum Gasteiger partial charge on any atom is 0.262 e. The van der Waals surface area contributed by atoms with Gasteiger partial charge in [0, 0.05) is 48.7 Å². The minimum atomic E-state index is -0.106. The fraction of sp³-hybridized carbons (Fsp3) is 0.448. The number of halogens is 1. The van der Waals surface area contributed by atoms with Crippen molar-refractivity contribution in [1.29, 1.82) is 0 Å². The van der Waals surface area contributed by atoms with Crippen LogP contribution in [0.4, 0.5) is 5.82 Å². The molecular formula is C29H31ClN6O2S2. The maximum absolute atomic E-state index is 13.4. The highest BCUT2D eigenvalue weighted by molar-refractivity contribution is 7.99. The van der Waals surface area contributed by atoms with Crippen LogP contribution in [-0.4, -0.2) is 45.8 Å². The molecule has 1 spiro atoms. The lowest BCUT2D eigenvalue weighted by Gasteiger charge is -2.42. The molecule has 0 bridgehead atoms. The molecule has 2 saturated heterocycles. The first-order valence-electron chi connectivity index (χ1n) is 13.8. The van der Waals surface area contributed by atoms with Crippen LogP contribution < -0.4 is 16.2 Å². The highest BCUT2D eigenvalue weighted by Crippen LogP contribution is 2.52. The van der Waals surface area contributed by atoms with Gasteiger partial charge in [-0.2, -0.15) is 0 Å². The number of fused-ring (bicyclic) bond motifs is 2. The number of piperidine rings is 1. The van der Waals surface area contributed by atoms with Gasteiger partial charge >= 0.3 is 0 Å². The highest BCUT2D eigenvalue weighted by Gasteiger charge is 2.46. The average Bonchev–Trinajstić information content (AvgIpc) is 3.53. The number of aromatic nitrogens is 4. The van der Waals surface area contributed by atoms with Gasteiger partial charge in [-0.05, 0) is 72.6 Å². The molecule has 208 valence electrons. The smallest absolute Gasteiger partial charge is 0.262 e. The molecule has 0 unspecified atom stereocenters. The maximum atomic E-state index is 13.4. The van der Waals surface area contributed by atoms with E-state index < -0.39 is 0 Å². The zero-order chi connectivity index (χ0) is 27.3. The quantitative estimate of drug-likeness (QED) is 0.331. The van der Waals surface area contributed by atoms with Crippen LogP contribution in [0.2, 0.25) is 5.02 Å². The predicted octanol–water partition coefficient (Wildman–Crippen LogP) is 5.32. The van der Waals surface area contributed by atoms with Crippen LogP contribution in [-0.2, 0) is 17.7 Å². The molecule has 5 heterocycles. The van der Waals surface area contributed by atoms with E-state index in [1.54, 1.807) is 28.4 Å². The molecule has 0 saturated carbocycles. The second-order valence-electron chi connectivity index (χ2n) is 11.2. The van der Waals surface area contributed by atoms with Crippen LogP contribution in [0.5, 0.6) is 0 Å². The molecule has 8 nitrogen and oxygen atoms in total. The van der Waals surface area contributed by atoms with E-state index in [9.17, 15) is 4.79 Å². The first-order valence-corrected chi connectivity index (χ1v) is 15.9. The van der Waals surface area contributed by atoms with Gasteiger partial charge in [0.25, 0.3) is 5.56 Å². The van der Waals surface area contributed by atoms with E-state index in [0.717, 1.165) is 74.1 Å². The van der Waals surface area contributed by atoms with E-state index in [1.165, 1.54) is 22.2 Å². The normalized spacial score (nSPS) is 20.9. The molecule has 2 fully saturated rings. The SMILES string of the molecule is N[C@H]1c2sccc2CC12CCN(c1cnc(Sc3ccc4ncn(CC5CCOCC5)c(=O)c4c3Cl)cn1)CC2. The topological polar surface area (TPSA) is 99.2 Å². The standard InChI is InChI=1S/C29H31ClN6O2S2/c30-25-21(2-1-20-24(25)28(37)36(17-34-20)16-18-3-10-38-11-4-18)40-23-15-32-22(14-33-23)35-8-6-29(7-9-35)13-19-5-12-39-26(19)27(29)31/h1-2,5,12,14-15,17-18,27H,3-4,6-11,13,16,31H2/t27-/m0/s1. The Morgan fingerprint density at radius 1 is 1.12 bits per heavy atom. The summed E-state index contributed by atoms with van der Waals surface area (Å²) in [5.41, 5.74) is 8.81. The molecule has 0 amide bonds. The molecule has 40 heavy (non-hydrogen) atoms. The Balaban J connectivity index is 1.05. The number of hydrogen-bond donors (Lipinski definition) is 1. The third-order valence-corrected chi connectivity index (χ3v) is 11.4. The number of rotatable bonds is 5. The van der Waals surface area contributed by atoms with Crippen molar-refractivity contribution in [2.45, 2.75) is 54.6 Å². The third-order valence-electron chi connectivity index (χ3n) is 8.87. The van der Waals surface area contributed by atoms with E-state index in [-0.39, 0.29) is 17.0 Å². The summed E-state index contributed by atoms with van der Waals surface area (Å²) in [6, 6.07) is 6.13. The number of thiophene rings is 1. The number of anilines is 1. The monoisotopic (exact) mass is 594 g/mol. The third kappa shape index (κ3) is 4.73. The lowest BCUT2D eigenvalue weighted by atomic mass is 9.73. The molecule has 3 aliphatic rings. The Kier molecular flexibility index (Phi) is 7.08. The van der Waals surface area contributed by atoms with Crippen molar-refractivity contribution >= 4 is 51.4 Å². The fourth-order valence-electron chi connectivity index (χ4n) is 6.44. The van der Waals surface area contributed by atoms with Crippen molar-refractivity contribution in [1.82, 2.24) is 19.5 Å². The molecule has 0 radical (unpaired) electrons. The van der Waals surface area contributed by atoms with Crippen molar-refractivity contribution in [2.24, 2.45) is 17.1 Å². The zero-order valence-corrected chi connectivity index (χ0v) is 24.5. The summed E-state index contributed by atoms with van der Waals surface area (Å²) in [6.07, 6.45) is 10.4. The van der Waals surface area contributed by atoms with E-state index in [2.05, 4.69) is 26.3 Å². The first kappa shape index (κ1) is 26.4. The molecule has 11 heteroatoms. The Morgan fingerprint density at radius 2 is 1.95 bits per heavy atom. The van der Waals surface area contributed by atoms with Gasteiger partial charge in [-0.25, -0.2) is 15.0 Å². The minimum Gasteiger partial charge on any atom is -0.381 e. The zero-order valence-electron chi connectivity index (χ0n) is 22.1. The summed E-state index contributed by atoms with van der Waals surface area (Å²) in [5, 5.41) is 3.75. The molecule has 1 aliphatic carbocycles. The van der Waals surface area contributed by atoms with Crippen molar-refractivity contribution in [3.8, 4) is 0 Å². The summed E-state index contributed by atoms with van der Waals surface area (Å²) in [5.74, 6) is 1.29. The Labute approximate surface area is 245 Å². The van der Waals surface area contributed by atoms with Crippen molar-refractivity contribution in [2.75, 3.05) is 31.2 Å². The van der Waals surface area contributed by atoms with Gasteiger partial charge in [0.1, 0.15) is 10.8 Å². The Bertz CT molecular complexity index is 1590. The molecule has 1 atom stereocenters. The molecule has 2 aliphatic heterocycles. The molecule has 1 aromatic carbocycles. The highest BCUT2D eigenvalue weighted by atomic mass is 35.5. The predicted molar refractivity (Wildman–Crippen MR) is 160 cm³/mol. The Morgan fingerprint density at radius 3 is 2.70 bits per heavy atom. The molecule has 3 aromatic heterocycles. The van der Waals surface area contributed by atoms with Gasteiger partial charge in [-0.1, -0.05) is 23.4 Å². The second kappa shape index (κ2) is 10.7. The Hall–Kier alpha value is -2.50. The number of benzene rings is 1. The first-order chi connectivity index (χ1) is 19.5. The fourth-order valence-corrected chi connectivity index (χ4v) is 8.63. The molecule has 2 N–H and O–H groups in total. The van der Waals surface area contributed by atoms with E-state index >= 15 is 0 Å². The van der Waals surface area contributed by atoms with Gasteiger partial charge in [-0.15, -0.1) is 11.3 Å². The van der Waals surface area contributed by atoms with Crippen LogP contribution >= 0.6 is 34.7 Å². The van der Waals surface area contributed by atoms with Crippen LogP contribution in [0, 0.1) is 11.3 Å². The van der Waals surface area contributed by atoms with Gasteiger partial charge in [0.2, 0.25) is 0 Å². The van der Waals surface area contributed by atoms with Crippen LogP contribution in [0.15, 0.2) is 57.0 Å². The number of hydrogen-bond acceptors (Lipinski definition) is 9. The van der Waals surface area contributed by atoms with Crippen LogP contribution in [0.1, 0.15) is 42.2 Å². The largest absolute Gasteiger partial charge is 0.381 e. The minimum absolute atomic E-state index is 0.106. The molecule has 4 aromatic rings. The van der Waals surface area contributed by atoms with Crippen molar-refractivity contribution in [3.63, 3.8) is 0 Å². The number of ether oxygens (including phenoxy) is 1. The van der Waals surface area contributed by atoms with E-state index in [4.69, 9.17) is 27.1 Å². The van der Waals surface area contributed by atoms with Crippen molar-refractivity contribution in [3.05, 3.63) is 68.1 Å². The lowest BCUT2D eigenvalue weighted by molar-refractivity contribution is 0.0609. The average molecular weight is 595 g/mol. The summed E-state index contributed by atoms with van der Waals surface area (Å²) >= 11 is 10.0. The second-order valence-corrected chi connectivity index (χ2v) is 13.5. The number of nitrogens with zero attached hydrogens (tertiary/aromatic N) is 5. The van der Waals surface area contributed by atoms with E-state index in [1.807, 2.05) is 18.3 Å². The van der Waals surface area contributed by atoms with E-state index in [0.29, 0.717) is 28.4 Å².